The highest BCUT2D eigenvalue weighted by atomic mass is 16.6. The number of aryl methyl sites for hydroxylation is 2. The molecule has 3 amide bonds. The predicted molar refractivity (Wildman–Crippen MR) is 134 cm³/mol. The molecule has 0 radical (unpaired) electrons. The van der Waals surface area contributed by atoms with Crippen molar-refractivity contribution < 1.29 is 23.9 Å². The van der Waals surface area contributed by atoms with Crippen LogP contribution in [-0.4, -0.2) is 34.1 Å². The molecule has 2 aromatic carbocycles. The largest absolute Gasteiger partial charge is 0.476 e. The number of benzene rings is 2. The van der Waals surface area contributed by atoms with Gasteiger partial charge >= 0.3 is 12.0 Å². The molecule has 8 heteroatoms. The summed E-state index contributed by atoms with van der Waals surface area (Å²) in [5, 5.41) is 1.12. The van der Waals surface area contributed by atoms with E-state index in [1.165, 1.54) is 0 Å². The fraction of sp³-hybridized carbons (Fsp3) is 0.444. The van der Waals surface area contributed by atoms with Gasteiger partial charge in [-0.05, 0) is 77.6 Å². The first-order valence-electron chi connectivity index (χ1n) is 11.7. The van der Waals surface area contributed by atoms with Gasteiger partial charge in [0.2, 0.25) is 5.91 Å². The minimum atomic E-state index is -1.13. The molecule has 0 saturated heterocycles. The Morgan fingerprint density at radius 2 is 1.49 bits per heavy atom. The van der Waals surface area contributed by atoms with E-state index >= 15 is 0 Å². The summed E-state index contributed by atoms with van der Waals surface area (Å²) in [4.78, 5) is 36.5. The summed E-state index contributed by atoms with van der Waals surface area (Å²) in [6, 6.07) is 14.3. The van der Waals surface area contributed by atoms with Crippen LogP contribution in [0.2, 0.25) is 0 Å². The van der Waals surface area contributed by atoms with E-state index in [2.05, 4.69) is 5.43 Å². The Labute approximate surface area is 207 Å². The van der Waals surface area contributed by atoms with Crippen molar-refractivity contribution >= 4 is 17.9 Å². The number of nitrogens with one attached hydrogen (secondary N) is 1. The summed E-state index contributed by atoms with van der Waals surface area (Å²) >= 11 is 0. The molecule has 3 N–H and O–H groups in total. The molecule has 2 aromatic rings. The van der Waals surface area contributed by atoms with E-state index in [1.54, 1.807) is 26.0 Å². The van der Waals surface area contributed by atoms with Crippen molar-refractivity contribution in [3.63, 3.8) is 0 Å². The second-order valence-electron chi connectivity index (χ2n) is 10.1. The first-order chi connectivity index (χ1) is 16.2. The zero-order valence-electron chi connectivity index (χ0n) is 21.5. The predicted octanol–water partition coefficient (Wildman–Crippen LogP) is 4.43. The highest BCUT2D eigenvalue weighted by molar-refractivity contribution is 5.80. The fourth-order valence-corrected chi connectivity index (χ4v) is 3.17. The molecule has 0 aliphatic heterocycles. The summed E-state index contributed by atoms with van der Waals surface area (Å²) in [6.45, 7) is 10.9. The van der Waals surface area contributed by atoms with Gasteiger partial charge in [0.1, 0.15) is 11.4 Å². The van der Waals surface area contributed by atoms with Crippen LogP contribution in [0.25, 0.3) is 0 Å². The number of primary amides is 1. The minimum absolute atomic E-state index is 0.197. The highest BCUT2D eigenvalue weighted by Gasteiger charge is 2.34. The first kappa shape index (κ1) is 27.7. The quantitative estimate of drug-likeness (QED) is 0.405. The van der Waals surface area contributed by atoms with Crippen LogP contribution in [0.15, 0.2) is 48.5 Å². The van der Waals surface area contributed by atoms with E-state index in [1.807, 2.05) is 64.1 Å². The summed E-state index contributed by atoms with van der Waals surface area (Å²) < 4.78 is 11.3. The lowest BCUT2D eigenvalue weighted by molar-refractivity contribution is -0.170. The maximum atomic E-state index is 12.4. The summed E-state index contributed by atoms with van der Waals surface area (Å²) in [5.41, 5.74) is 9.28. The smallest absolute Gasteiger partial charge is 0.350 e. The number of amides is 3. The van der Waals surface area contributed by atoms with Crippen LogP contribution in [-0.2, 0) is 27.3 Å². The van der Waals surface area contributed by atoms with Crippen molar-refractivity contribution in [3.8, 4) is 5.75 Å². The average Bonchev–Trinajstić information content (AvgIpc) is 2.74. The van der Waals surface area contributed by atoms with E-state index in [0.29, 0.717) is 18.6 Å². The summed E-state index contributed by atoms with van der Waals surface area (Å²) in [6.07, 6.45) is 1.49. The number of rotatable bonds is 9. The van der Waals surface area contributed by atoms with E-state index < -0.39 is 23.2 Å². The van der Waals surface area contributed by atoms with Gasteiger partial charge in [0, 0.05) is 6.42 Å². The van der Waals surface area contributed by atoms with Crippen molar-refractivity contribution in [2.75, 3.05) is 0 Å². The third-order valence-electron chi connectivity index (χ3n) is 5.04. The van der Waals surface area contributed by atoms with Crippen LogP contribution in [0.5, 0.6) is 5.75 Å². The molecule has 0 aromatic heterocycles. The van der Waals surface area contributed by atoms with E-state index in [4.69, 9.17) is 15.2 Å². The molecule has 0 saturated carbocycles. The Bertz CT molecular complexity index is 1010. The Hall–Kier alpha value is -3.55. The maximum absolute atomic E-state index is 12.4. The number of urea groups is 1. The van der Waals surface area contributed by atoms with Gasteiger partial charge in [0.05, 0.1) is 6.54 Å². The Balaban J connectivity index is 1.82. The van der Waals surface area contributed by atoms with Gasteiger partial charge in [0.15, 0.2) is 5.60 Å². The molecule has 0 heterocycles. The zero-order chi connectivity index (χ0) is 26.2. The topological polar surface area (TPSA) is 111 Å². The van der Waals surface area contributed by atoms with Crippen molar-refractivity contribution in [2.45, 2.75) is 78.6 Å². The standard InChI is InChI=1S/C27H37N3O5/c1-19-10-12-21(13-11-19)18-30(25(28)33)29-23(31)9-7-8-20-14-16-22(17-15-20)34-27(5,6)24(32)35-26(2,3)4/h10-17H,7-9,18H2,1-6H3,(H2,28,33)(H,29,31). The van der Waals surface area contributed by atoms with Gasteiger partial charge in [-0.15, -0.1) is 0 Å². The second-order valence-corrected chi connectivity index (χ2v) is 10.1. The van der Waals surface area contributed by atoms with E-state index in [-0.39, 0.29) is 18.9 Å². The van der Waals surface area contributed by atoms with Crippen LogP contribution in [0.3, 0.4) is 0 Å². The number of nitrogens with zero attached hydrogens (tertiary/aromatic N) is 1. The number of esters is 1. The molecule has 0 fully saturated rings. The molecule has 0 atom stereocenters. The van der Waals surface area contributed by atoms with Crippen molar-refractivity contribution in [3.05, 3.63) is 65.2 Å². The van der Waals surface area contributed by atoms with Gasteiger partial charge in [-0.3, -0.25) is 10.2 Å². The lowest BCUT2D eigenvalue weighted by Gasteiger charge is -2.29. The number of nitrogens with two attached hydrogens (primary N) is 1. The normalized spacial score (nSPS) is 11.5. The Morgan fingerprint density at radius 3 is 2.03 bits per heavy atom. The fourth-order valence-electron chi connectivity index (χ4n) is 3.17. The van der Waals surface area contributed by atoms with Gasteiger partial charge < -0.3 is 15.2 Å². The summed E-state index contributed by atoms with van der Waals surface area (Å²) in [5.74, 6) is -0.169. The molecule has 0 spiro atoms. The molecule has 190 valence electrons. The van der Waals surface area contributed by atoms with Crippen molar-refractivity contribution in [1.82, 2.24) is 10.4 Å². The van der Waals surface area contributed by atoms with Gasteiger partial charge in [-0.25, -0.2) is 14.6 Å². The van der Waals surface area contributed by atoms with E-state index in [9.17, 15) is 14.4 Å². The van der Waals surface area contributed by atoms with Crippen LogP contribution in [0.1, 0.15) is 64.2 Å². The van der Waals surface area contributed by atoms with Crippen molar-refractivity contribution in [1.29, 1.82) is 0 Å². The van der Waals surface area contributed by atoms with E-state index in [0.717, 1.165) is 21.7 Å². The highest BCUT2D eigenvalue weighted by Crippen LogP contribution is 2.23. The first-order valence-corrected chi connectivity index (χ1v) is 11.7. The molecule has 0 unspecified atom stereocenters. The number of hydrogen-bond acceptors (Lipinski definition) is 5. The molecule has 0 bridgehead atoms. The number of carbonyl (C=O) groups excluding carboxylic acids is 3. The molecule has 0 aliphatic carbocycles. The Kier molecular flexibility index (Phi) is 9.28. The number of carbonyl (C=O) groups is 3. The third kappa shape index (κ3) is 9.68. The third-order valence-corrected chi connectivity index (χ3v) is 5.04. The van der Waals surface area contributed by atoms with Crippen LogP contribution < -0.4 is 15.9 Å². The number of hydrogen-bond donors (Lipinski definition) is 2. The molecule has 0 aliphatic rings. The monoisotopic (exact) mass is 483 g/mol. The molecular weight excluding hydrogens is 446 g/mol. The molecular formula is C27H37N3O5. The SMILES string of the molecule is Cc1ccc(CN(NC(=O)CCCc2ccc(OC(C)(C)C(=O)OC(C)(C)C)cc2)C(N)=O)cc1. The van der Waals surface area contributed by atoms with Crippen LogP contribution in [0.4, 0.5) is 4.79 Å². The van der Waals surface area contributed by atoms with Gasteiger partial charge in [-0.2, -0.15) is 0 Å². The van der Waals surface area contributed by atoms with Crippen LogP contribution in [0, 0.1) is 6.92 Å². The lowest BCUT2D eigenvalue weighted by Crippen LogP contribution is -2.48. The van der Waals surface area contributed by atoms with Gasteiger partial charge in [-0.1, -0.05) is 42.0 Å². The lowest BCUT2D eigenvalue weighted by atomic mass is 10.1. The number of hydrazine groups is 1. The zero-order valence-corrected chi connectivity index (χ0v) is 21.5. The molecule has 8 nitrogen and oxygen atoms in total. The number of ether oxygens (including phenoxy) is 2. The molecule has 35 heavy (non-hydrogen) atoms. The second kappa shape index (κ2) is 11.7. The summed E-state index contributed by atoms with van der Waals surface area (Å²) in [7, 11) is 0. The van der Waals surface area contributed by atoms with Crippen LogP contribution >= 0.6 is 0 Å². The maximum Gasteiger partial charge on any atom is 0.350 e. The molecule has 2 rings (SSSR count). The van der Waals surface area contributed by atoms with Crippen molar-refractivity contribution in [2.24, 2.45) is 5.73 Å². The minimum Gasteiger partial charge on any atom is -0.476 e. The average molecular weight is 484 g/mol. The Morgan fingerprint density at radius 1 is 0.914 bits per heavy atom. The van der Waals surface area contributed by atoms with Gasteiger partial charge in [0.25, 0.3) is 0 Å².